The fourth-order valence-corrected chi connectivity index (χ4v) is 1.61. The standard InChI is InChI=1S/C13H7ClF3NO/c14-10-4-5-11(18-7-10)12(19)8-2-1-3-9(6-8)13(15,16)17/h1-7H. The van der Waals surface area contributed by atoms with Crippen molar-refractivity contribution in [1.82, 2.24) is 4.98 Å². The zero-order valence-corrected chi connectivity index (χ0v) is 10.2. The minimum absolute atomic E-state index is 0.0451. The van der Waals surface area contributed by atoms with Crippen molar-refractivity contribution in [2.24, 2.45) is 0 Å². The topological polar surface area (TPSA) is 30.0 Å². The predicted octanol–water partition coefficient (Wildman–Crippen LogP) is 3.98. The summed E-state index contributed by atoms with van der Waals surface area (Å²) >= 11 is 5.62. The molecule has 0 bridgehead atoms. The molecule has 0 fully saturated rings. The Bertz CT molecular complexity index is 608. The quantitative estimate of drug-likeness (QED) is 0.781. The summed E-state index contributed by atoms with van der Waals surface area (Å²) in [5.41, 5.74) is -0.888. The molecule has 0 radical (unpaired) electrons. The van der Waals surface area contributed by atoms with Gasteiger partial charge in [-0.25, -0.2) is 0 Å². The van der Waals surface area contributed by atoms with E-state index in [1.54, 1.807) is 0 Å². The van der Waals surface area contributed by atoms with Crippen LogP contribution in [0.1, 0.15) is 21.6 Å². The zero-order chi connectivity index (χ0) is 14.0. The first-order chi connectivity index (χ1) is 8.88. The number of aromatic nitrogens is 1. The monoisotopic (exact) mass is 285 g/mol. The van der Waals surface area contributed by atoms with Crippen molar-refractivity contribution in [2.45, 2.75) is 6.18 Å². The van der Waals surface area contributed by atoms with Crippen LogP contribution in [0.5, 0.6) is 0 Å². The van der Waals surface area contributed by atoms with Gasteiger partial charge in [0.25, 0.3) is 0 Å². The van der Waals surface area contributed by atoms with E-state index in [4.69, 9.17) is 11.6 Å². The van der Waals surface area contributed by atoms with Crippen molar-refractivity contribution >= 4 is 17.4 Å². The first-order valence-electron chi connectivity index (χ1n) is 5.21. The molecule has 0 saturated carbocycles. The lowest BCUT2D eigenvalue weighted by molar-refractivity contribution is -0.137. The summed E-state index contributed by atoms with van der Waals surface area (Å²) in [6.07, 6.45) is -3.22. The highest BCUT2D eigenvalue weighted by Gasteiger charge is 2.31. The molecule has 0 aliphatic heterocycles. The van der Waals surface area contributed by atoms with Crippen LogP contribution in [0.25, 0.3) is 0 Å². The van der Waals surface area contributed by atoms with Gasteiger partial charge < -0.3 is 0 Å². The van der Waals surface area contributed by atoms with Gasteiger partial charge in [-0.05, 0) is 24.3 Å². The highest BCUT2D eigenvalue weighted by molar-refractivity contribution is 6.30. The fourth-order valence-electron chi connectivity index (χ4n) is 1.49. The van der Waals surface area contributed by atoms with Crippen LogP contribution in [-0.2, 0) is 6.18 Å². The van der Waals surface area contributed by atoms with Gasteiger partial charge in [0.1, 0.15) is 5.69 Å². The van der Waals surface area contributed by atoms with E-state index in [0.717, 1.165) is 12.1 Å². The smallest absolute Gasteiger partial charge is 0.287 e. The van der Waals surface area contributed by atoms with Crippen molar-refractivity contribution in [3.8, 4) is 0 Å². The van der Waals surface area contributed by atoms with Gasteiger partial charge in [0.15, 0.2) is 0 Å². The molecule has 0 saturated heterocycles. The maximum absolute atomic E-state index is 12.5. The lowest BCUT2D eigenvalue weighted by atomic mass is 10.0. The normalized spacial score (nSPS) is 11.4. The SMILES string of the molecule is O=C(c1cccc(C(F)(F)F)c1)c1ccc(Cl)cn1. The molecule has 0 aliphatic carbocycles. The average molecular weight is 286 g/mol. The number of rotatable bonds is 2. The molecule has 0 N–H and O–H groups in total. The van der Waals surface area contributed by atoms with E-state index >= 15 is 0 Å². The molecule has 2 nitrogen and oxygen atoms in total. The fraction of sp³-hybridized carbons (Fsp3) is 0.0769. The van der Waals surface area contributed by atoms with Crippen molar-refractivity contribution in [3.63, 3.8) is 0 Å². The number of carbonyl (C=O) groups excluding carboxylic acids is 1. The van der Waals surface area contributed by atoms with Gasteiger partial charge in [-0.15, -0.1) is 0 Å². The molecule has 2 aromatic rings. The van der Waals surface area contributed by atoms with Crippen LogP contribution >= 0.6 is 11.6 Å². The van der Waals surface area contributed by atoms with E-state index in [2.05, 4.69) is 4.98 Å². The molecular weight excluding hydrogens is 279 g/mol. The molecular formula is C13H7ClF3NO. The summed E-state index contributed by atoms with van der Waals surface area (Å²) in [5.74, 6) is -0.581. The van der Waals surface area contributed by atoms with E-state index in [0.29, 0.717) is 5.02 Å². The number of ketones is 1. The number of carbonyl (C=O) groups is 1. The van der Waals surface area contributed by atoms with E-state index in [1.165, 1.54) is 30.5 Å². The molecule has 1 aromatic heterocycles. The van der Waals surface area contributed by atoms with E-state index in [9.17, 15) is 18.0 Å². The molecule has 19 heavy (non-hydrogen) atoms. The van der Waals surface area contributed by atoms with Crippen molar-refractivity contribution < 1.29 is 18.0 Å². The van der Waals surface area contributed by atoms with Gasteiger partial charge in [0.05, 0.1) is 10.6 Å². The summed E-state index contributed by atoms with van der Waals surface area (Å²) in [6.45, 7) is 0. The first kappa shape index (κ1) is 13.5. The Morgan fingerprint density at radius 2 is 1.89 bits per heavy atom. The number of alkyl halides is 3. The lowest BCUT2D eigenvalue weighted by Crippen LogP contribution is -2.09. The molecule has 6 heteroatoms. The van der Waals surface area contributed by atoms with Crippen molar-refractivity contribution in [3.05, 3.63) is 64.4 Å². The van der Waals surface area contributed by atoms with E-state index in [1.807, 2.05) is 0 Å². The number of hydrogen-bond donors (Lipinski definition) is 0. The minimum atomic E-state index is -4.48. The van der Waals surface area contributed by atoms with Crippen LogP contribution in [-0.4, -0.2) is 10.8 Å². The van der Waals surface area contributed by atoms with Crippen LogP contribution in [0.2, 0.25) is 5.02 Å². The largest absolute Gasteiger partial charge is 0.416 e. The van der Waals surface area contributed by atoms with Crippen molar-refractivity contribution in [2.75, 3.05) is 0 Å². The van der Waals surface area contributed by atoms with E-state index in [-0.39, 0.29) is 11.3 Å². The Morgan fingerprint density at radius 3 is 2.47 bits per heavy atom. The Hall–Kier alpha value is -1.88. The van der Waals surface area contributed by atoms with Crippen LogP contribution in [0.15, 0.2) is 42.6 Å². The van der Waals surface area contributed by atoms with Gasteiger partial charge in [0.2, 0.25) is 5.78 Å². The highest BCUT2D eigenvalue weighted by Crippen LogP contribution is 2.29. The number of halogens is 4. The molecule has 0 spiro atoms. The Labute approximate surface area is 111 Å². The maximum Gasteiger partial charge on any atom is 0.416 e. The van der Waals surface area contributed by atoms with Gasteiger partial charge >= 0.3 is 6.18 Å². The second kappa shape index (κ2) is 5.01. The average Bonchev–Trinajstić information content (AvgIpc) is 2.38. The molecule has 0 amide bonds. The number of nitrogens with zero attached hydrogens (tertiary/aromatic N) is 1. The Balaban J connectivity index is 2.37. The van der Waals surface area contributed by atoms with Crippen LogP contribution < -0.4 is 0 Å². The summed E-state index contributed by atoms with van der Waals surface area (Å²) in [5, 5.41) is 0.348. The summed E-state index contributed by atoms with van der Waals surface area (Å²) in [4.78, 5) is 15.7. The molecule has 0 aliphatic rings. The summed E-state index contributed by atoms with van der Waals surface area (Å²) in [7, 11) is 0. The van der Waals surface area contributed by atoms with Gasteiger partial charge in [-0.3, -0.25) is 9.78 Å². The van der Waals surface area contributed by atoms with Gasteiger partial charge in [-0.1, -0.05) is 23.7 Å². The predicted molar refractivity (Wildman–Crippen MR) is 64.1 cm³/mol. The molecule has 1 aromatic carbocycles. The van der Waals surface area contributed by atoms with Crippen LogP contribution in [0, 0.1) is 0 Å². The molecule has 98 valence electrons. The number of hydrogen-bond acceptors (Lipinski definition) is 2. The number of benzene rings is 1. The first-order valence-corrected chi connectivity index (χ1v) is 5.59. The van der Waals surface area contributed by atoms with Gasteiger partial charge in [-0.2, -0.15) is 13.2 Å². The highest BCUT2D eigenvalue weighted by atomic mass is 35.5. The van der Waals surface area contributed by atoms with Crippen LogP contribution in [0.4, 0.5) is 13.2 Å². The molecule has 0 atom stereocenters. The summed E-state index contributed by atoms with van der Waals surface area (Å²) < 4.78 is 37.6. The molecule has 0 unspecified atom stereocenters. The Kier molecular flexibility index (Phi) is 3.57. The van der Waals surface area contributed by atoms with E-state index < -0.39 is 17.5 Å². The molecule has 2 rings (SSSR count). The third kappa shape index (κ3) is 3.12. The molecule has 1 heterocycles. The third-order valence-electron chi connectivity index (χ3n) is 2.41. The third-order valence-corrected chi connectivity index (χ3v) is 2.64. The number of pyridine rings is 1. The lowest BCUT2D eigenvalue weighted by Gasteiger charge is -2.07. The zero-order valence-electron chi connectivity index (χ0n) is 9.41. The van der Waals surface area contributed by atoms with Crippen molar-refractivity contribution in [1.29, 1.82) is 0 Å². The second-order valence-electron chi connectivity index (χ2n) is 3.77. The maximum atomic E-state index is 12.5. The summed E-state index contributed by atoms with van der Waals surface area (Å²) in [6, 6.07) is 7.03. The second-order valence-corrected chi connectivity index (χ2v) is 4.21. The minimum Gasteiger partial charge on any atom is -0.287 e. The van der Waals surface area contributed by atoms with Crippen LogP contribution in [0.3, 0.4) is 0 Å². The Morgan fingerprint density at radius 1 is 1.16 bits per heavy atom. The van der Waals surface area contributed by atoms with Gasteiger partial charge in [0, 0.05) is 11.8 Å².